The summed E-state index contributed by atoms with van der Waals surface area (Å²) < 4.78 is 11.7. The van der Waals surface area contributed by atoms with Gasteiger partial charge in [0.1, 0.15) is 11.5 Å². The van der Waals surface area contributed by atoms with Gasteiger partial charge in [-0.05, 0) is 72.6 Å². The third-order valence-electron chi connectivity index (χ3n) is 7.43. The molecule has 2 heterocycles. The van der Waals surface area contributed by atoms with E-state index >= 15 is 0 Å². The van der Waals surface area contributed by atoms with Crippen molar-refractivity contribution in [2.75, 3.05) is 14.2 Å². The SMILES string of the molecule is COc1ccc(C(=O)N2N=C(c3c(C)nc4ccc(Br)cc4c3-c3ccccc3)CC2c2ccc(OC)cc2)cc1. The number of hydrogen-bond donors (Lipinski definition) is 0. The highest BCUT2D eigenvalue weighted by Gasteiger charge is 2.35. The topological polar surface area (TPSA) is 64.0 Å². The van der Waals surface area contributed by atoms with Gasteiger partial charge in [0.05, 0.1) is 31.5 Å². The van der Waals surface area contributed by atoms with Crippen LogP contribution in [0.1, 0.15) is 39.6 Å². The first-order valence-electron chi connectivity index (χ1n) is 13.3. The van der Waals surface area contributed by atoms with Crippen molar-refractivity contribution in [1.29, 1.82) is 0 Å². The number of nitrogens with zero attached hydrogens (tertiary/aromatic N) is 3. The Balaban J connectivity index is 1.53. The van der Waals surface area contributed by atoms with E-state index in [-0.39, 0.29) is 11.9 Å². The van der Waals surface area contributed by atoms with Crippen LogP contribution in [0.25, 0.3) is 22.0 Å². The predicted molar refractivity (Wildman–Crippen MR) is 166 cm³/mol. The third-order valence-corrected chi connectivity index (χ3v) is 7.93. The van der Waals surface area contributed by atoms with E-state index in [1.54, 1.807) is 43.5 Å². The lowest BCUT2D eigenvalue weighted by Gasteiger charge is -2.22. The second kappa shape index (κ2) is 11.2. The van der Waals surface area contributed by atoms with Crippen molar-refractivity contribution in [2.45, 2.75) is 19.4 Å². The molecule has 0 bridgehead atoms. The molecule has 7 heteroatoms. The summed E-state index contributed by atoms with van der Waals surface area (Å²) in [6.45, 7) is 2.02. The van der Waals surface area contributed by atoms with E-state index in [1.165, 1.54) is 0 Å². The zero-order valence-corrected chi connectivity index (χ0v) is 24.6. The molecule has 0 radical (unpaired) electrons. The smallest absolute Gasteiger partial charge is 0.274 e. The number of hydrazone groups is 1. The number of carbonyl (C=O) groups is 1. The molecule has 0 saturated carbocycles. The quantitative estimate of drug-likeness (QED) is 0.197. The molecule has 4 aromatic carbocycles. The number of aromatic nitrogens is 1. The standard InChI is InChI=1S/C34H28BrN3O3/c1-21-32(33(23-7-5-4-6-8-23)28-19-25(35)13-18-29(28)36-21)30-20-31(22-9-14-26(40-2)15-10-22)38(37-30)34(39)24-11-16-27(41-3)17-12-24/h4-19,31H,20H2,1-3H3. The van der Waals surface area contributed by atoms with Crippen molar-refractivity contribution in [1.82, 2.24) is 9.99 Å². The van der Waals surface area contributed by atoms with Crippen molar-refractivity contribution in [3.8, 4) is 22.6 Å². The van der Waals surface area contributed by atoms with Crippen LogP contribution in [-0.2, 0) is 0 Å². The Morgan fingerprint density at radius 2 is 1.51 bits per heavy atom. The first kappa shape index (κ1) is 26.7. The Kier molecular flexibility index (Phi) is 7.28. The van der Waals surface area contributed by atoms with Gasteiger partial charge in [-0.3, -0.25) is 9.78 Å². The summed E-state index contributed by atoms with van der Waals surface area (Å²) >= 11 is 3.65. The van der Waals surface area contributed by atoms with E-state index in [0.717, 1.165) is 54.8 Å². The van der Waals surface area contributed by atoms with Gasteiger partial charge in [-0.15, -0.1) is 0 Å². The number of carbonyl (C=O) groups excluding carboxylic acids is 1. The van der Waals surface area contributed by atoms with E-state index in [4.69, 9.17) is 19.6 Å². The first-order chi connectivity index (χ1) is 20.0. The molecular weight excluding hydrogens is 578 g/mol. The van der Waals surface area contributed by atoms with Crippen molar-refractivity contribution in [2.24, 2.45) is 5.10 Å². The molecule has 5 aromatic rings. The molecule has 1 aromatic heterocycles. The number of ether oxygens (including phenoxy) is 2. The van der Waals surface area contributed by atoms with E-state index < -0.39 is 0 Å². The number of aryl methyl sites for hydroxylation is 1. The summed E-state index contributed by atoms with van der Waals surface area (Å²) in [5.41, 5.74) is 7.18. The van der Waals surface area contributed by atoms with Gasteiger partial charge in [-0.1, -0.05) is 58.4 Å². The molecule has 0 aliphatic carbocycles. The predicted octanol–water partition coefficient (Wildman–Crippen LogP) is 7.98. The van der Waals surface area contributed by atoms with Gasteiger partial charge < -0.3 is 9.47 Å². The Morgan fingerprint density at radius 3 is 2.17 bits per heavy atom. The number of hydrogen-bond acceptors (Lipinski definition) is 5. The molecule has 41 heavy (non-hydrogen) atoms. The average Bonchev–Trinajstić information content (AvgIpc) is 3.45. The fourth-order valence-electron chi connectivity index (χ4n) is 5.42. The summed E-state index contributed by atoms with van der Waals surface area (Å²) in [7, 11) is 3.25. The summed E-state index contributed by atoms with van der Waals surface area (Å²) in [5, 5.41) is 7.67. The molecule has 0 saturated heterocycles. The van der Waals surface area contributed by atoms with Crippen molar-refractivity contribution in [3.05, 3.63) is 124 Å². The minimum absolute atomic E-state index is 0.182. The Labute approximate surface area is 247 Å². The molecule has 1 unspecified atom stereocenters. The Bertz CT molecular complexity index is 1770. The number of rotatable bonds is 6. The summed E-state index contributed by atoms with van der Waals surface area (Å²) in [5.74, 6) is 1.27. The maximum atomic E-state index is 14.0. The lowest BCUT2D eigenvalue weighted by Crippen LogP contribution is -2.27. The maximum Gasteiger partial charge on any atom is 0.274 e. The molecule has 204 valence electrons. The molecule has 6 nitrogen and oxygen atoms in total. The van der Waals surface area contributed by atoms with E-state index in [0.29, 0.717) is 17.7 Å². The van der Waals surface area contributed by atoms with Gasteiger partial charge in [0.15, 0.2) is 0 Å². The van der Waals surface area contributed by atoms with Gasteiger partial charge in [0, 0.05) is 38.7 Å². The molecule has 6 rings (SSSR count). The Hall–Kier alpha value is -4.49. The van der Waals surface area contributed by atoms with Crippen LogP contribution >= 0.6 is 15.9 Å². The zero-order chi connectivity index (χ0) is 28.5. The van der Waals surface area contributed by atoms with Crippen LogP contribution in [0.4, 0.5) is 0 Å². The summed E-state index contributed by atoms with van der Waals surface area (Å²) in [4.78, 5) is 18.9. The van der Waals surface area contributed by atoms with E-state index in [1.807, 2.05) is 61.5 Å². The molecule has 1 aliphatic rings. The number of halogens is 1. The van der Waals surface area contributed by atoms with Gasteiger partial charge in [-0.25, -0.2) is 5.01 Å². The summed E-state index contributed by atoms with van der Waals surface area (Å²) in [6.07, 6.45) is 0.538. The zero-order valence-electron chi connectivity index (χ0n) is 23.0. The molecular formula is C34H28BrN3O3. The number of amides is 1. The minimum atomic E-state index is -0.299. The average molecular weight is 607 g/mol. The maximum absolute atomic E-state index is 14.0. The fourth-order valence-corrected chi connectivity index (χ4v) is 5.78. The van der Waals surface area contributed by atoms with Crippen LogP contribution in [0.15, 0.2) is 107 Å². The van der Waals surface area contributed by atoms with Crippen molar-refractivity contribution >= 4 is 38.5 Å². The van der Waals surface area contributed by atoms with Gasteiger partial charge in [0.2, 0.25) is 0 Å². The molecule has 0 fully saturated rings. The van der Waals surface area contributed by atoms with Crippen LogP contribution in [-0.4, -0.2) is 35.8 Å². The minimum Gasteiger partial charge on any atom is -0.497 e. The number of methoxy groups -OCH3 is 2. The molecule has 1 amide bonds. The van der Waals surface area contributed by atoms with Crippen LogP contribution in [0.3, 0.4) is 0 Å². The van der Waals surface area contributed by atoms with Crippen LogP contribution in [0.2, 0.25) is 0 Å². The lowest BCUT2D eigenvalue weighted by molar-refractivity contribution is 0.0711. The normalized spacial score (nSPS) is 14.7. The van der Waals surface area contributed by atoms with Gasteiger partial charge in [-0.2, -0.15) is 5.10 Å². The highest BCUT2D eigenvalue weighted by atomic mass is 79.9. The van der Waals surface area contributed by atoms with Gasteiger partial charge in [0.25, 0.3) is 5.91 Å². The Morgan fingerprint density at radius 1 is 0.854 bits per heavy atom. The van der Waals surface area contributed by atoms with E-state index in [2.05, 4.69) is 34.1 Å². The van der Waals surface area contributed by atoms with Crippen LogP contribution < -0.4 is 9.47 Å². The first-order valence-corrected chi connectivity index (χ1v) is 14.1. The monoisotopic (exact) mass is 605 g/mol. The van der Waals surface area contributed by atoms with Crippen LogP contribution in [0.5, 0.6) is 11.5 Å². The van der Waals surface area contributed by atoms with E-state index in [9.17, 15) is 4.79 Å². The molecule has 1 aliphatic heterocycles. The largest absolute Gasteiger partial charge is 0.497 e. The second-order valence-electron chi connectivity index (χ2n) is 9.89. The molecule has 0 spiro atoms. The van der Waals surface area contributed by atoms with Crippen molar-refractivity contribution < 1.29 is 14.3 Å². The third kappa shape index (κ3) is 5.09. The second-order valence-corrected chi connectivity index (χ2v) is 10.8. The number of pyridine rings is 1. The summed E-state index contributed by atoms with van der Waals surface area (Å²) in [6, 6.07) is 31.1. The van der Waals surface area contributed by atoms with Gasteiger partial charge >= 0.3 is 0 Å². The highest BCUT2D eigenvalue weighted by molar-refractivity contribution is 9.10. The molecule has 1 atom stereocenters. The van der Waals surface area contributed by atoms with Crippen LogP contribution in [0, 0.1) is 6.92 Å². The number of benzene rings is 4. The number of fused-ring (bicyclic) bond motifs is 1. The fraction of sp³-hybridized carbons (Fsp3) is 0.147. The highest BCUT2D eigenvalue weighted by Crippen LogP contribution is 2.40. The molecule has 0 N–H and O–H groups in total. The van der Waals surface area contributed by atoms with Crippen molar-refractivity contribution in [3.63, 3.8) is 0 Å². The lowest BCUT2D eigenvalue weighted by atomic mass is 9.89.